The lowest BCUT2D eigenvalue weighted by Gasteiger charge is -2.08. The van der Waals surface area contributed by atoms with Gasteiger partial charge in [-0.05, 0) is 39.3 Å². The molecule has 0 aliphatic carbocycles. The van der Waals surface area contributed by atoms with E-state index in [4.69, 9.17) is 4.74 Å². The van der Waals surface area contributed by atoms with E-state index in [1.54, 1.807) is 13.0 Å². The largest absolute Gasteiger partial charge is 0.462 e. The normalized spacial score (nSPS) is 10.8. The van der Waals surface area contributed by atoms with E-state index in [1.807, 2.05) is 43.5 Å². The first-order valence-electron chi connectivity index (χ1n) is 10.2. The Kier molecular flexibility index (Phi) is 7.86. The van der Waals surface area contributed by atoms with E-state index < -0.39 is 5.97 Å². The van der Waals surface area contributed by atoms with Crippen molar-refractivity contribution in [3.63, 3.8) is 0 Å². The minimum Gasteiger partial charge on any atom is -0.462 e. The Morgan fingerprint density at radius 2 is 2.00 bits per heavy atom. The van der Waals surface area contributed by atoms with Gasteiger partial charge >= 0.3 is 5.97 Å². The Morgan fingerprint density at radius 1 is 1.19 bits per heavy atom. The molecule has 3 rings (SSSR count). The van der Waals surface area contributed by atoms with Crippen LogP contribution in [0.4, 0.5) is 5.00 Å². The van der Waals surface area contributed by atoms with E-state index >= 15 is 0 Å². The zero-order valence-corrected chi connectivity index (χ0v) is 19.7. The molecular formula is C22H26N4O3S2. The Morgan fingerprint density at radius 3 is 2.68 bits per heavy atom. The first-order valence-corrected chi connectivity index (χ1v) is 12.0. The molecular weight excluding hydrogens is 432 g/mol. The van der Waals surface area contributed by atoms with Gasteiger partial charge in [0.15, 0.2) is 11.0 Å². The van der Waals surface area contributed by atoms with Crippen molar-refractivity contribution in [1.29, 1.82) is 0 Å². The lowest BCUT2D eigenvalue weighted by atomic mass is 10.1. The molecule has 1 amide bonds. The van der Waals surface area contributed by atoms with Gasteiger partial charge in [-0.1, -0.05) is 42.4 Å². The number of esters is 1. The number of hydrogen-bond donors (Lipinski definition) is 1. The topological polar surface area (TPSA) is 86.1 Å². The van der Waals surface area contributed by atoms with Crippen molar-refractivity contribution in [1.82, 2.24) is 14.8 Å². The fourth-order valence-electron chi connectivity index (χ4n) is 3.04. The highest BCUT2D eigenvalue weighted by Gasteiger charge is 2.20. The number of aromatic nitrogens is 3. The zero-order valence-electron chi connectivity index (χ0n) is 18.1. The number of rotatable bonds is 9. The molecule has 0 spiro atoms. The van der Waals surface area contributed by atoms with Gasteiger partial charge in [-0.2, -0.15) is 0 Å². The van der Waals surface area contributed by atoms with E-state index in [1.165, 1.54) is 23.1 Å². The average molecular weight is 459 g/mol. The molecule has 0 aliphatic heterocycles. The van der Waals surface area contributed by atoms with Crippen LogP contribution in [0.5, 0.6) is 0 Å². The molecule has 0 saturated carbocycles. The molecule has 0 bridgehead atoms. The average Bonchev–Trinajstić information content (AvgIpc) is 3.36. The van der Waals surface area contributed by atoms with E-state index in [0.29, 0.717) is 22.3 Å². The number of amides is 1. The van der Waals surface area contributed by atoms with E-state index in [9.17, 15) is 9.59 Å². The summed E-state index contributed by atoms with van der Waals surface area (Å²) in [6, 6.07) is 9.88. The molecule has 9 heteroatoms. The van der Waals surface area contributed by atoms with Crippen LogP contribution < -0.4 is 5.32 Å². The maximum absolute atomic E-state index is 12.6. The van der Waals surface area contributed by atoms with Crippen molar-refractivity contribution in [3.05, 3.63) is 46.3 Å². The third kappa shape index (κ3) is 5.54. The van der Waals surface area contributed by atoms with Crippen LogP contribution in [0, 0.1) is 6.92 Å². The van der Waals surface area contributed by atoms with Crippen molar-refractivity contribution in [2.45, 2.75) is 45.8 Å². The van der Waals surface area contributed by atoms with Crippen LogP contribution in [0.1, 0.15) is 41.6 Å². The van der Waals surface area contributed by atoms with Crippen molar-refractivity contribution < 1.29 is 14.3 Å². The quantitative estimate of drug-likeness (QED) is 0.366. The van der Waals surface area contributed by atoms with Crippen LogP contribution >= 0.6 is 23.1 Å². The van der Waals surface area contributed by atoms with Gasteiger partial charge in [-0.15, -0.1) is 21.5 Å². The standard InChI is InChI=1S/C22H26N4O3S2/c1-5-16-12-17(21(28)29-7-3)20(31-16)23-18(27)13-30-22-25-24-19(26(22)6-2)15-10-8-9-14(4)11-15/h8-12H,5-7,13H2,1-4H3,(H,23,27). The maximum Gasteiger partial charge on any atom is 0.341 e. The molecule has 7 nitrogen and oxygen atoms in total. The summed E-state index contributed by atoms with van der Waals surface area (Å²) in [6.45, 7) is 8.80. The summed E-state index contributed by atoms with van der Waals surface area (Å²) in [5.74, 6) is 0.315. The lowest BCUT2D eigenvalue weighted by molar-refractivity contribution is -0.113. The molecule has 0 aliphatic rings. The molecule has 2 aromatic heterocycles. The summed E-state index contributed by atoms with van der Waals surface area (Å²) < 4.78 is 7.11. The Labute approximate surface area is 190 Å². The SMILES string of the molecule is CCOC(=O)c1cc(CC)sc1NC(=O)CSc1nnc(-c2cccc(C)c2)n1CC. The van der Waals surface area contributed by atoms with Crippen LogP contribution in [-0.2, 0) is 22.5 Å². The van der Waals surface area contributed by atoms with Gasteiger partial charge in [0, 0.05) is 17.0 Å². The smallest absolute Gasteiger partial charge is 0.341 e. The number of nitrogens with one attached hydrogen (secondary N) is 1. The molecule has 0 atom stereocenters. The second kappa shape index (κ2) is 10.6. The summed E-state index contributed by atoms with van der Waals surface area (Å²) >= 11 is 2.72. The zero-order chi connectivity index (χ0) is 22.4. The number of benzene rings is 1. The van der Waals surface area contributed by atoms with Gasteiger partial charge in [0.1, 0.15) is 5.00 Å². The van der Waals surface area contributed by atoms with E-state index in [0.717, 1.165) is 28.2 Å². The van der Waals surface area contributed by atoms with Gasteiger partial charge in [0.25, 0.3) is 0 Å². The summed E-state index contributed by atoms with van der Waals surface area (Å²) in [7, 11) is 0. The predicted octanol–water partition coefficient (Wildman–Crippen LogP) is 4.80. The Bertz CT molecular complexity index is 1070. The molecule has 0 radical (unpaired) electrons. The number of hydrogen-bond acceptors (Lipinski definition) is 7. The van der Waals surface area contributed by atoms with Crippen molar-refractivity contribution in [2.75, 3.05) is 17.7 Å². The van der Waals surface area contributed by atoms with E-state index in [2.05, 4.69) is 21.6 Å². The number of carbonyl (C=O) groups excluding carboxylic acids is 2. The van der Waals surface area contributed by atoms with Crippen molar-refractivity contribution in [2.24, 2.45) is 0 Å². The van der Waals surface area contributed by atoms with Crippen molar-refractivity contribution >= 4 is 40.0 Å². The fraction of sp³-hybridized carbons (Fsp3) is 0.364. The molecule has 31 heavy (non-hydrogen) atoms. The highest BCUT2D eigenvalue weighted by atomic mass is 32.2. The first kappa shape index (κ1) is 23.0. The lowest BCUT2D eigenvalue weighted by Crippen LogP contribution is -2.16. The summed E-state index contributed by atoms with van der Waals surface area (Å²) in [5, 5.41) is 12.7. The molecule has 2 heterocycles. The molecule has 0 fully saturated rings. The molecule has 0 unspecified atom stereocenters. The van der Waals surface area contributed by atoms with Crippen LogP contribution in [0.15, 0.2) is 35.5 Å². The minimum absolute atomic E-state index is 0.160. The minimum atomic E-state index is -0.421. The third-order valence-corrected chi connectivity index (χ3v) is 6.68. The number of thiophene rings is 1. The fourth-order valence-corrected chi connectivity index (χ4v) is 4.84. The van der Waals surface area contributed by atoms with Gasteiger partial charge in [-0.3, -0.25) is 4.79 Å². The van der Waals surface area contributed by atoms with Crippen LogP contribution in [0.25, 0.3) is 11.4 Å². The molecule has 3 aromatic rings. The Hall–Kier alpha value is -2.65. The predicted molar refractivity (Wildman–Crippen MR) is 125 cm³/mol. The number of carbonyl (C=O) groups is 2. The summed E-state index contributed by atoms with van der Waals surface area (Å²) in [4.78, 5) is 25.8. The number of aryl methyl sites for hydroxylation is 2. The van der Waals surface area contributed by atoms with Crippen molar-refractivity contribution in [3.8, 4) is 11.4 Å². The van der Waals surface area contributed by atoms with Gasteiger partial charge < -0.3 is 14.6 Å². The number of nitrogens with zero attached hydrogens (tertiary/aromatic N) is 3. The number of thioether (sulfide) groups is 1. The van der Waals surface area contributed by atoms with Crippen LogP contribution in [-0.4, -0.2) is 39.0 Å². The number of ether oxygens (including phenoxy) is 1. The highest BCUT2D eigenvalue weighted by molar-refractivity contribution is 7.99. The van der Waals surface area contributed by atoms with Crippen LogP contribution in [0.3, 0.4) is 0 Å². The number of anilines is 1. The molecule has 164 valence electrons. The van der Waals surface area contributed by atoms with Gasteiger partial charge in [0.05, 0.1) is 17.9 Å². The second-order valence-corrected chi connectivity index (χ2v) is 8.87. The van der Waals surface area contributed by atoms with Gasteiger partial charge in [-0.25, -0.2) is 4.79 Å². The second-order valence-electron chi connectivity index (χ2n) is 6.79. The molecule has 1 N–H and O–H groups in total. The third-order valence-electron chi connectivity index (χ3n) is 4.52. The summed E-state index contributed by atoms with van der Waals surface area (Å²) in [5.41, 5.74) is 2.55. The van der Waals surface area contributed by atoms with Gasteiger partial charge in [0.2, 0.25) is 5.91 Å². The molecule has 1 aromatic carbocycles. The monoisotopic (exact) mass is 458 g/mol. The highest BCUT2D eigenvalue weighted by Crippen LogP contribution is 2.30. The first-order chi connectivity index (χ1) is 15.0. The Balaban J connectivity index is 1.71. The van der Waals surface area contributed by atoms with E-state index in [-0.39, 0.29) is 18.3 Å². The van der Waals surface area contributed by atoms with Crippen LogP contribution in [0.2, 0.25) is 0 Å². The summed E-state index contributed by atoms with van der Waals surface area (Å²) in [6.07, 6.45) is 0.781. The molecule has 0 saturated heterocycles. The maximum atomic E-state index is 12.6.